The van der Waals surface area contributed by atoms with Gasteiger partial charge in [0.15, 0.2) is 0 Å². The van der Waals surface area contributed by atoms with Crippen LogP contribution in [0.2, 0.25) is 0 Å². The van der Waals surface area contributed by atoms with Gasteiger partial charge in [0, 0.05) is 6.07 Å². The summed E-state index contributed by atoms with van der Waals surface area (Å²) in [5.74, 6) is 0. The van der Waals surface area contributed by atoms with E-state index in [9.17, 15) is 4.79 Å². The first-order valence-corrected chi connectivity index (χ1v) is 7.02. The molecule has 1 heterocycles. The van der Waals surface area contributed by atoms with E-state index in [1.54, 1.807) is 10.7 Å². The number of nitrogens with one attached hydrogen (secondary N) is 1. The average molecular weight is 278 g/mol. The highest BCUT2D eigenvalue weighted by atomic mass is 16.1. The summed E-state index contributed by atoms with van der Waals surface area (Å²) < 4.78 is 1.63. The van der Waals surface area contributed by atoms with Gasteiger partial charge in [-0.1, -0.05) is 48.0 Å². The molecule has 0 fully saturated rings. The van der Waals surface area contributed by atoms with Crippen molar-refractivity contribution in [3.8, 4) is 16.9 Å². The van der Waals surface area contributed by atoms with E-state index < -0.39 is 0 Å². The maximum Gasteiger partial charge on any atom is 0.271 e. The largest absolute Gasteiger partial charge is 0.290 e. The minimum atomic E-state index is -0.0380. The van der Waals surface area contributed by atoms with Crippen molar-refractivity contribution in [2.24, 2.45) is 0 Å². The molecule has 21 heavy (non-hydrogen) atoms. The molecule has 0 spiro atoms. The third kappa shape index (κ3) is 2.42. The minimum Gasteiger partial charge on any atom is -0.290 e. The van der Waals surface area contributed by atoms with Crippen LogP contribution in [0.4, 0.5) is 0 Å². The fourth-order valence-electron chi connectivity index (χ4n) is 2.85. The van der Waals surface area contributed by atoms with Gasteiger partial charge in [-0.05, 0) is 37.5 Å². The fourth-order valence-corrected chi connectivity index (χ4v) is 2.85. The molecule has 2 aromatic carbocycles. The maximum atomic E-state index is 12.3. The molecular formula is C18H18N2O. The highest BCUT2D eigenvalue weighted by Gasteiger charge is 2.11. The fraction of sp³-hybridized carbons (Fsp3) is 0.167. The Morgan fingerprint density at radius 3 is 2.14 bits per heavy atom. The third-order valence-corrected chi connectivity index (χ3v) is 3.66. The molecule has 3 rings (SSSR count). The van der Waals surface area contributed by atoms with Gasteiger partial charge in [-0.3, -0.25) is 9.89 Å². The van der Waals surface area contributed by atoms with Crippen LogP contribution in [0, 0.1) is 20.8 Å². The van der Waals surface area contributed by atoms with Crippen molar-refractivity contribution in [2.45, 2.75) is 20.8 Å². The van der Waals surface area contributed by atoms with Gasteiger partial charge in [-0.2, -0.15) is 0 Å². The number of hydrogen-bond donors (Lipinski definition) is 1. The molecule has 0 atom stereocenters. The second-order valence-electron chi connectivity index (χ2n) is 5.46. The van der Waals surface area contributed by atoms with Gasteiger partial charge < -0.3 is 0 Å². The SMILES string of the molecule is Cc1cc(C)c(-n2[nH]c(-c3ccccc3)cc2=O)c(C)c1. The van der Waals surface area contributed by atoms with Crippen molar-refractivity contribution in [2.75, 3.05) is 0 Å². The molecule has 0 saturated heterocycles. The highest BCUT2D eigenvalue weighted by Crippen LogP contribution is 2.21. The smallest absolute Gasteiger partial charge is 0.271 e. The summed E-state index contributed by atoms with van der Waals surface area (Å²) in [5.41, 5.74) is 6.14. The Labute approximate surface area is 123 Å². The van der Waals surface area contributed by atoms with Gasteiger partial charge in [-0.25, -0.2) is 4.68 Å². The molecule has 3 heteroatoms. The van der Waals surface area contributed by atoms with Crippen molar-refractivity contribution in [3.05, 3.63) is 75.6 Å². The van der Waals surface area contributed by atoms with Crippen LogP contribution in [-0.2, 0) is 0 Å². The Morgan fingerprint density at radius 2 is 1.52 bits per heavy atom. The van der Waals surface area contributed by atoms with E-state index in [0.29, 0.717) is 0 Å². The summed E-state index contributed by atoms with van der Waals surface area (Å²) in [6.07, 6.45) is 0. The molecule has 0 aliphatic carbocycles. The first-order valence-electron chi connectivity index (χ1n) is 7.02. The standard InChI is InChI=1S/C18H18N2O/c1-12-9-13(2)18(14(3)10-12)20-17(21)11-16(19-20)15-7-5-4-6-8-15/h4-11,19H,1-3H3. The van der Waals surface area contributed by atoms with E-state index in [1.807, 2.05) is 44.2 Å². The zero-order chi connectivity index (χ0) is 15.0. The quantitative estimate of drug-likeness (QED) is 0.761. The molecule has 3 nitrogen and oxygen atoms in total. The Hall–Kier alpha value is -2.55. The molecule has 0 aliphatic heterocycles. The number of hydrogen-bond acceptors (Lipinski definition) is 1. The first-order chi connectivity index (χ1) is 10.1. The molecular weight excluding hydrogens is 260 g/mol. The summed E-state index contributed by atoms with van der Waals surface area (Å²) in [6, 6.07) is 15.7. The molecule has 0 unspecified atom stereocenters. The van der Waals surface area contributed by atoms with Gasteiger partial charge >= 0.3 is 0 Å². The van der Waals surface area contributed by atoms with Crippen molar-refractivity contribution in [3.63, 3.8) is 0 Å². The average Bonchev–Trinajstić information content (AvgIpc) is 2.81. The molecule has 106 valence electrons. The molecule has 0 amide bonds. The van der Waals surface area contributed by atoms with Crippen molar-refractivity contribution in [1.29, 1.82) is 0 Å². The van der Waals surface area contributed by atoms with E-state index in [1.165, 1.54) is 5.56 Å². The molecule has 0 bridgehead atoms. The van der Waals surface area contributed by atoms with E-state index >= 15 is 0 Å². The van der Waals surface area contributed by atoms with Crippen LogP contribution in [0.1, 0.15) is 16.7 Å². The maximum absolute atomic E-state index is 12.3. The molecule has 3 aromatic rings. The summed E-state index contributed by atoms with van der Waals surface area (Å²) in [4.78, 5) is 12.3. The van der Waals surface area contributed by atoms with Gasteiger partial charge in [-0.15, -0.1) is 0 Å². The number of nitrogens with zero attached hydrogens (tertiary/aromatic N) is 1. The number of benzene rings is 2. The zero-order valence-electron chi connectivity index (χ0n) is 12.5. The van der Waals surface area contributed by atoms with E-state index in [0.717, 1.165) is 28.1 Å². The minimum absolute atomic E-state index is 0.0380. The third-order valence-electron chi connectivity index (χ3n) is 3.66. The van der Waals surface area contributed by atoms with Crippen molar-refractivity contribution < 1.29 is 0 Å². The monoisotopic (exact) mass is 278 g/mol. The molecule has 0 radical (unpaired) electrons. The predicted octanol–water partition coefficient (Wildman–Crippen LogP) is 3.76. The molecule has 1 aromatic heterocycles. The number of H-pyrrole nitrogens is 1. The van der Waals surface area contributed by atoms with E-state index in [-0.39, 0.29) is 5.56 Å². The van der Waals surface area contributed by atoms with Gasteiger partial charge in [0.1, 0.15) is 0 Å². The van der Waals surface area contributed by atoms with Crippen LogP contribution in [0.25, 0.3) is 16.9 Å². The van der Waals surface area contributed by atoms with Crippen LogP contribution in [0.15, 0.2) is 53.3 Å². The lowest BCUT2D eigenvalue weighted by molar-refractivity contribution is 0.837. The number of aromatic amines is 1. The Balaban J connectivity index is 2.18. The first kappa shape index (κ1) is 13.4. The zero-order valence-corrected chi connectivity index (χ0v) is 12.5. The number of rotatable bonds is 2. The lowest BCUT2D eigenvalue weighted by atomic mass is 10.1. The Bertz CT molecular complexity index is 818. The summed E-state index contributed by atoms with van der Waals surface area (Å²) in [7, 11) is 0. The lowest BCUT2D eigenvalue weighted by Crippen LogP contribution is -2.16. The van der Waals surface area contributed by atoms with Gasteiger partial charge in [0.25, 0.3) is 5.56 Å². The van der Waals surface area contributed by atoms with Crippen LogP contribution in [0.3, 0.4) is 0 Å². The molecule has 0 saturated carbocycles. The highest BCUT2D eigenvalue weighted by molar-refractivity contribution is 5.59. The topological polar surface area (TPSA) is 37.8 Å². The summed E-state index contributed by atoms with van der Waals surface area (Å²) >= 11 is 0. The Kier molecular flexibility index (Phi) is 3.26. The normalized spacial score (nSPS) is 10.8. The molecule has 1 N–H and O–H groups in total. The van der Waals surface area contributed by atoms with Crippen molar-refractivity contribution >= 4 is 0 Å². The van der Waals surface area contributed by atoms with Gasteiger partial charge in [0.05, 0.1) is 11.4 Å². The van der Waals surface area contributed by atoms with Crippen molar-refractivity contribution in [1.82, 2.24) is 9.78 Å². The summed E-state index contributed by atoms with van der Waals surface area (Å²) in [6.45, 7) is 6.13. The van der Waals surface area contributed by atoms with Crippen LogP contribution < -0.4 is 5.56 Å². The predicted molar refractivity (Wildman–Crippen MR) is 86.0 cm³/mol. The molecule has 0 aliphatic rings. The van der Waals surface area contributed by atoms with E-state index in [4.69, 9.17) is 0 Å². The van der Waals surface area contributed by atoms with Crippen LogP contribution in [-0.4, -0.2) is 9.78 Å². The van der Waals surface area contributed by atoms with Crippen LogP contribution >= 0.6 is 0 Å². The Morgan fingerprint density at radius 1 is 0.905 bits per heavy atom. The number of aryl methyl sites for hydroxylation is 3. The van der Waals surface area contributed by atoms with E-state index in [2.05, 4.69) is 24.2 Å². The summed E-state index contributed by atoms with van der Waals surface area (Å²) in [5, 5.41) is 3.22. The lowest BCUT2D eigenvalue weighted by Gasteiger charge is -2.11. The number of aromatic nitrogens is 2. The second kappa shape index (κ2) is 5.09. The van der Waals surface area contributed by atoms with Crippen LogP contribution in [0.5, 0.6) is 0 Å². The van der Waals surface area contributed by atoms with Gasteiger partial charge in [0.2, 0.25) is 0 Å². The second-order valence-corrected chi connectivity index (χ2v) is 5.46.